The third kappa shape index (κ3) is 4.54. The first-order chi connectivity index (χ1) is 15.1. The Morgan fingerprint density at radius 3 is 2.81 bits per heavy atom. The minimum Gasteiger partial charge on any atom is -0.492 e. The number of amides is 3. The SMILES string of the molecule is CNCCOc1cccc(NCc2cccc3c2C(=O)N(C2CCC(=O)NC2=O)C3)c1. The van der Waals surface area contributed by atoms with Gasteiger partial charge in [-0.05, 0) is 36.7 Å². The van der Waals surface area contributed by atoms with E-state index in [-0.39, 0.29) is 18.2 Å². The number of nitrogens with zero attached hydrogens (tertiary/aromatic N) is 1. The van der Waals surface area contributed by atoms with Crippen molar-refractivity contribution in [3.8, 4) is 5.75 Å². The number of nitrogens with one attached hydrogen (secondary N) is 3. The lowest BCUT2D eigenvalue weighted by molar-refractivity contribution is -0.136. The maximum absolute atomic E-state index is 13.2. The molecular formula is C23H26N4O4. The first kappa shape index (κ1) is 20.9. The van der Waals surface area contributed by atoms with E-state index in [1.54, 1.807) is 4.90 Å². The first-order valence-corrected chi connectivity index (χ1v) is 10.4. The largest absolute Gasteiger partial charge is 0.492 e. The molecular weight excluding hydrogens is 396 g/mol. The second-order valence-corrected chi connectivity index (χ2v) is 7.68. The fraction of sp³-hybridized carbons (Fsp3) is 0.348. The van der Waals surface area contributed by atoms with Crippen LogP contribution < -0.4 is 20.7 Å². The molecule has 2 aromatic carbocycles. The van der Waals surface area contributed by atoms with Crippen molar-refractivity contribution < 1.29 is 19.1 Å². The Kier molecular flexibility index (Phi) is 6.18. The van der Waals surface area contributed by atoms with Gasteiger partial charge in [0.2, 0.25) is 11.8 Å². The molecule has 8 heteroatoms. The average molecular weight is 422 g/mol. The zero-order valence-corrected chi connectivity index (χ0v) is 17.4. The smallest absolute Gasteiger partial charge is 0.255 e. The van der Waals surface area contributed by atoms with Crippen LogP contribution >= 0.6 is 0 Å². The van der Waals surface area contributed by atoms with Crippen LogP contribution in [0.5, 0.6) is 5.75 Å². The fourth-order valence-corrected chi connectivity index (χ4v) is 4.00. The highest BCUT2D eigenvalue weighted by atomic mass is 16.5. The van der Waals surface area contributed by atoms with Gasteiger partial charge in [-0.25, -0.2) is 0 Å². The lowest BCUT2D eigenvalue weighted by Crippen LogP contribution is -2.52. The number of rotatable bonds is 8. The van der Waals surface area contributed by atoms with E-state index in [0.29, 0.717) is 31.7 Å². The van der Waals surface area contributed by atoms with E-state index in [1.165, 1.54) is 0 Å². The number of hydrogen-bond donors (Lipinski definition) is 3. The molecule has 3 N–H and O–H groups in total. The summed E-state index contributed by atoms with van der Waals surface area (Å²) in [6, 6.07) is 12.9. The van der Waals surface area contributed by atoms with Gasteiger partial charge in [0.25, 0.3) is 5.91 Å². The van der Waals surface area contributed by atoms with Gasteiger partial charge in [-0.3, -0.25) is 19.7 Å². The summed E-state index contributed by atoms with van der Waals surface area (Å²) in [5.41, 5.74) is 3.31. The molecule has 3 amide bonds. The minimum absolute atomic E-state index is 0.161. The number of carbonyl (C=O) groups excluding carboxylic acids is 3. The van der Waals surface area contributed by atoms with E-state index < -0.39 is 11.9 Å². The van der Waals surface area contributed by atoms with Crippen LogP contribution in [0.15, 0.2) is 42.5 Å². The number of hydrogen-bond acceptors (Lipinski definition) is 6. The van der Waals surface area contributed by atoms with Crippen molar-refractivity contribution in [1.29, 1.82) is 0 Å². The van der Waals surface area contributed by atoms with Gasteiger partial charge in [0.05, 0.1) is 0 Å². The quantitative estimate of drug-likeness (QED) is 0.442. The van der Waals surface area contributed by atoms with Gasteiger partial charge in [0.1, 0.15) is 18.4 Å². The molecule has 0 radical (unpaired) electrons. The molecule has 0 saturated carbocycles. The van der Waals surface area contributed by atoms with Crippen LogP contribution in [0.2, 0.25) is 0 Å². The van der Waals surface area contributed by atoms with Gasteiger partial charge in [-0.15, -0.1) is 0 Å². The Hall–Kier alpha value is -3.39. The van der Waals surface area contributed by atoms with E-state index in [2.05, 4.69) is 16.0 Å². The minimum atomic E-state index is -0.607. The number of piperidine rings is 1. The molecule has 31 heavy (non-hydrogen) atoms. The van der Waals surface area contributed by atoms with Crippen molar-refractivity contribution in [3.05, 3.63) is 59.2 Å². The standard InChI is InChI=1S/C23H26N4O4/c1-24-10-11-31-18-7-3-6-17(12-18)25-13-15-4-2-5-16-14-27(23(30)21(15)16)19-8-9-20(28)26-22(19)29/h2-7,12,19,24-25H,8-11,13-14H2,1H3,(H,26,28,29). The van der Waals surface area contributed by atoms with Crippen LogP contribution in [0.1, 0.15) is 34.3 Å². The summed E-state index contributed by atoms with van der Waals surface area (Å²) >= 11 is 0. The molecule has 4 rings (SSSR count). The topological polar surface area (TPSA) is 99.8 Å². The second kappa shape index (κ2) is 9.18. The third-order valence-electron chi connectivity index (χ3n) is 5.58. The summed E-state index contributed by atoms with van der Waals surface area (Å²) < 4.78 is 5.70. The van der Waals surface area contributed by atoms with Gasteiger partial charge in [0.15, 0.2) is 0 Å². The molecule has 8 nitrogen and oxygen atoms in total. The predicted octanol–water partition coefficient (Wildman–Crippen LogP) is 1.66. The van der Waals surface area contributed by atoms with Gasteiger partial charge >= 0.3 is 0 Å². The molecule has 162 valence electrons. The van der Waals surface area contributed by atoms with Gasteiger partial charge in [0, 0.05) is 43.4 Å². The normalized spacial score (nSPS) is 18.0. The summed E-state index contributed by atoms with van der Waals surface area (Å²) in [7, 11) is 1.88. The lowest BCUT2D eigenvalue weighted by atomic mass is 10.0. The van der Waals surface area contributed by atoms with E-state index >= 15 is 0 Å². The average Bonchev–Trinajstić information content (AvgIpc) is 3.10. The highest BCUT2D eigenvalue weighted by Gasteiger charge is 2.39. The van der Waals surface area contributed by atoms with Gasteiger partial charge in [-0.1, -0.05) is 24.3 Å². The summed E-state index contributed by atoms with van der Waals surface area (Å²) in [4.78, 5) is 38.4. The number of carbonyl (C=O) groups is 3. The predicted molar refractivity (Wildman–Crippen MR) is 116 cm³/mol. The number of ether oxygens (including phenoxy) is 1. The van der Waals surface area contributed by atoms with Gasteiger partial charge in [-0.2, -0.15) is 0 Å². The molecule has 1 atom stereocenters. The van der Waals surface area contributed by atoms with Crippen LogP contribution in [-0.4, -0.2) is 48.9 Å². The van der Waals surface area contributed by atoms with Crippen molar-refractivity contribution in [2.75, 3.05) is 25.5 Å². The van der Waals surface area contributed by atoms with Crippen LogP contribution in [0.3, 0.4) is 0 Å². The van der Waals surface area contributed by atoms with Gasteiger partial charge < -0.3 is 20.3 Å². The van der Waals surface area contributed by atoms with E-state index in [1.807, 2.05) is 49.5 Å². The summed E-state index contributed by atoms with van der Waals surface area (Å²) in [5, 5.41) is 8.74. The van der Waals surface area contributed by atoms with E-state index in [4.69, 9.17) is 4.74 Å². The highest BCUT2D eigenvalue weighted by Crippen LogP contribution is 2.30. The summed E-state index contributed by atoms with van der Waals surface area (Å²) in [5.74, 6) is -0.0654. The van der Waals surface area contributed by atoms with Crippen molar-refractivity contribution in [2.45, 2.75) is 32.0 Å². The maximum Gasteiger partial charge on any atom is 0.255 e. The first-order valence-electron chi connectivity index (χ1n) is 10.4. The lowest BCUT2D eigenvalue weighted by Gasteiger charge is -2.29. The van der Waals surface area contributed by atoms with Crippen LogP contribution in [-0.2, 0) is 22.7 Å². The van der Waals surface area contributed by atoms with Crippen LogP contribution in [0.25, 0.3) is 0 Å². The van der Waals surface area contributed by atoms with E-state index in [0.717, 1.165) is 29.1 Å². The Morgan fingerprint density at radius 1 is 1.16 bits per heavy atom. The molecule has 0 bridgehead atoms. The Bertz CT molecular complexity index is 1010. The van der Waals surface area contributed by atoms with Crippen molar-refractivity contribution >= 4 is 23.4 Å². The summed E-state index contributed by atoms with van der Waals surface area (Å²) in [6.45, 7) is 2.19. The molecule has 1 saturated heterocycles. The number of likely N-dealkylation sites (N-methyl/N-ethyl adjacent to an activating group) is 1. The zero-order chi connectivity index (χ0) is 21.8. The number of benzene rings is 2. The highest BCUT2D eigenvalue weighted by molar-refractivity contribution is 6.06. The molecule has 0 aliphatic carbocycles. The zero-order valence-electron chi connectivity index (χ0n) is 17.4. The van der Waals surface area contributed by atoms with Crippen LogP contribution in [0, 0.1) is 0 Å². The molecule has 2 aromatic rings. The van der Waals surface area contributed by atoms with Crippen LogP contribution in [0.4, 0.5) is 5.69 Å². The molecule has 2 heterocycles. The van der Waals surface area contributed by atoms with E-state index in [9.17, 15) is 14.4 Å². The Morgan fingerprint density at radius 2 is 2.00 bits per heavy atom. The molecule has 1 unspecified atom stereocenters. The maximum atomic E-state index is 13.2. The molecule has 1 fully saturated rings. The van der Waals surface area contributed by atoms with Crippen molar-refractivity contribution in [1.82, 2.24) is 15.5 Å². The molecule has 2 aliphatic heterocycles. The fourth-order valence-electron chi connectivity index (χ4n) is 4.00. The Labute approximate surface area is 180 Å². The number of imide groups is 1. The van der Waals surface area contributed by atoms with Crippen molar-refractivity contribution in [2.24, 2.45) is 0 Å². The second-order valence-electron chi connectivity index (χ2n) is 7.68. The Balaban J connectivity index is 1.46. The summed E-state index contributed by atoms with van der Waals surface area (Å²) in [6.07, 6.45) is 0.607. The molecule has 0 spiro atoms. The third-order valence-corrected chi connectivity index (χ3v) is 5.58. The molecule has 2 aliphatic rings. The number of fused-ring (bicyclic) bond motifs is 1. The monoisotopic (exact) mass is 422 g/mol. The number of anilines is 1. The van der Waals surface area contributed by atoms with Crippen molar-refractivity contribution in [3.63, 3.8) is 0 Å². The molecule has 0 aromatic heterocycles.